The van der Waals surface area contributed by atoms with Crippen molar-refractivity contribution < 1.29 is 4.79 Å². The van der Waals surface area contributed by atoms with Gasteiger partial charge in [-0.2, -0.15) is 0 Å². The van der Waals surface area contributed by atoms with Crippen molar-refractivity contribution in [3.8, 4) is 0 Å². The largest absolute Gasteiger partial charge is 0.345 e. The van der Waals surface area contributed by atoms with Crippen LogP contribution in [0.15, 0.2) is 77.9 Å². The second-order valence-electron chi connectivity index (χ2n) is 8.15. The molecule has 0 spiro atoms. The van der Waals surface area contributed by atoms with Crippen LogP contribution in [0, 0.1) is 0 Å². The summed E-state index contributed by atoms with van der Waals surface area (Å²) in [5, 5.41) is 0. The number of hydrogen-bond acceptors (Lipinski definition) is 4. The Hall–Kier alpha value is -3.87. The molecule has 32 heavy (non-hydrogen) atoms. The average molecular weight is 428 g/mol. The number of aromatic amines is 1. The Bertz CT molecular complexity index is 1290. The van der Waals surface area contributed by atoms with Crippen molar-refractivity contribution in [2.75, 3.05) is 25.0 Å². The molecule has 7 nitrogen and oxygen atoms in total. The summed E-state index contributed by atoms with van der Waals surface area (Å²) in [5.41, 5.74) is 4.42. The van der Waals surface area contributed by atoms with Crippen molar-refractivity contribution in [3.63, 3.8) is 0 Å². The highest BCUT2D eigenvalue weighted by molar-refractivity contribution is 5.94. The van der Waals surface area contributed by atoms with Crippen LogP contribution in [0.3, 0.4) is 0 Å². The molecule has 0 saturated carbocycles. The van der Waals surface area contributed by atoms with E-state index in [1.807, 2.05) is 77.2 Å². The van der Waals surface area contributed by atoms with Gasteiger partial charge in [0.25, 0.3) is 5.91 Å². The zero-order chi connectivity index (χ0) is 22.1. The van der Waals surface area contributed by atoms with Gasteiger partial charge in [0.2, 0.25) is 0 Å². The molecule has 2 aromatic heterocycles. The fourth-order valence-electron chi connectivity index (χ4n) is 4.49. The summed E-state index contributed by atoms with van der Waals surface area (Å²) in [5.74, 6) is 0.0350. The molecule has 0 atom stereocenters. The Morgan fingerprint density at radius 2 is 1.62 bits per heavy atom. The predicted molar refractivity (Wildman–Crippen MR) is 125 cm³/mol. The molecular formula is C25H25N5O2. The molecule has 1 N–H and O–H groups in total. The van der Waals surface area contributed by atoms with Gasteiger partial charge in [-0.15, -0.1) is 0 Å². The minimum atomic E-state index is -0.0788. The van der Waals surface area contributed by atoms with Gasteiger partial charge in [0.1, 0.15) is 0 Å². The Morgan fingerprint density at radius 1 is 0.969 bits per heavy atom. The number of carbonyl (C=O) groups is 1. The Labute approximate surface area is 185 Å². The van der Waals surface area contributed by atoms with Crippen LogP contribution in [-0.2, 0) is 0 Å². The molecule has 0 radical (unpaired) electrons. The first-order valence-electron chi connectivity index (χ1n) is 10.8. The normalized spacial score (nSPS) is 14.6. The maximum absolute atomic E-state index is 13.1. The van der Waals surface area contributed by atoms with Crippen LogP contribution in [0.2, 0.25) is 0 Å². The molecule has 1 amide bonds. The first-order chi connectivity index (χ1) is 15.6. The number of aromatic nitrogens is 3. The molecular weight excluding hydrogens is 402 g/mol. The summed E-state index contributed by atoms with van der Waals surface area (Å²) < 4.78 is 1.85. The van der Waals surface area contributed by atoms with Crippen LogP contribution in [0.1, 0.15) is 29.2 Å². The van der Waals surface area contributed by atoms with E-state index in [0.717, 1.165) is 35.2 Å². The maximum Gasteiger partial charge on any atom is 0.326 e. The van der Waals surface area contributed by atoms with Crippen LogP contribution < -0.4 is 10.6 Å². The number of fused-ring (bicyclic) bond motifs is 1. The molecule has 1 fully saturated rings. The molecule has 0 bridgehead atoms. The fourth-order valence-corrected chi connectivity index (χ4v) is 4.49. The molecule has 0 aliphatic carbocycles. The number of nitrogens with one attached hydrogen (secondary N) is 1. The van der Waals surface area contributed by atoms with Gasteiger partial charge in [-0.1, -0.05) is 12.1 Å². The number of piperidine rings is 1. The zero-order valence-electron chi connectivity index (χ0n) is 17.9. The number of likely N-dealkylation sites (tertiary alicyclic amines) is 1. The lowest BCUT2D eigenvalue weighted by atomic mass is 10.0. The van der Waals surface area contributed by atoms with Gasteiger partial charge in [0.15, 0.2) is 0 Å². The van der Waals surface area contributed by atoms with Crippen LogP contribution >= 0.6 is 0 Å². The van der Waals surface area contributed by atoms with Crippen molar-refractivity contribution in [1.29, 1.82) is 0 Å². The number of pyridine rings is 1. The van der Waals surface area contributed by atoms with Gasteiger partial charge in [-0.05, 0) is 61.4 Å². The zero-order valence-corrected chi connectivity index (χ0v) is 17.9. The summed E-state index contributed by atoms with van der Waals surface area (Å²) in [6.07, 6.45) is 5.04. The Balaban J connectivity index is 1.26. The Morgan fingerprint density at radius 3 is 2.34 bits per heavy atom. The molecule has 7 heteroatoms. The summed E-state index contributed by atoms with van der Waals surface area (Å²) in [6, 6.07) is 19.4. The molecule has 3 heterocycles. The van der Waals surface area contributed by atoms with E-state index in [4.69, 9.17) is 0 Å². The fraction of sp³-hybridized carbons (Fsp3) is 0.240. The number of rotatable bonds is 4. The number of nitrogens with zero attached hydrogens (tertiary/aromatic N) is 4. The second-order valence-corrected chi connectivity index (χ2v) is 8.15. The standard InChI is InChI=1S/C25H25N5O2/c1-28(20-10-14-26-15-11-20)19-8-6-18(7-9-19)24(31)29-16-12-21(13-17-29)30-23-5-3-2-4-22(23)27-25(30)32/h2-11,14-15,21H,12-13,16-17H2,1H3,(H,27,32). The summed E-state index contributed by atoms with van der Waals surface area (Å²) in [7, 11) is 1.99. The molecule has 162 valence electrons. The van der Waals surface area contributed by atoms with E-state index in [2.05, 4.69) is 14.9 Å². The lowest BCUT2D eigenvalue weighted by Crippen LogP contribution is -2.40. The van der Waals surface area contributed by atoms with Gasteiger partial charge in [-0.25, -0.2) is 4.79 Å². The van der Waals surface area contributed by atoms with E-state index in [-0.39, 0.29) is 17.6 Å². The third-order valence-corrected chi connectivity index (χ3v) is 6.29. The average Bonchev–Trinajstić information content (AvgIpc) is 3.19. The third kappa shape index (κ3) is 3.66. The summed E-state index contributed by atoms with van der Waals surface area (Å²) in [4.78, 5) is 36.5. The Kier molecular flexibility index (Phi) is 5.23. The maximum atomic E-state index is 13.1. The summed E-state index contributed by atoms with van der Waals surface area (Å²) in [6.45, 7) is 1.27. The van der Waals surface area contributed by atoms with Crippen LogP contribution in [0.4, 0.5) is 11.4 Å². The number of para-hydroxylation sites is 2. The van der Waals surface area contributed by atoms with Crippen LogP contribution in [0.25, 0.3) is 11.0 Å². The quantitative estimate of drug-likeness (QED) is 0.535. The minimum Gasteiger partial charge on any atom is -0.345 e. The highest BCUT2D eigenvalue weighted by Gasteiger charge is 2.26. The van der Waals surface area contributed by atoms with Crippen molar-refractivity contribution in [2.45, 2.75) is 18.9 Å². The van der Waals surface area contributed by atoms with Gasteiger partial charge in [0, 0.05) is 55.5 Å². The molecule has 1 saturated heterocycles. The third-order valence-electron chi connectivity index (χ3n) is 6.29. The number of hydrogen-bond donors (Lipinski definition) is 1. The lowest BCUT2D eigenvalue weighted by Gasteiger charge is -2.32. The van der Waals surface area contributed by atoms with Gasteiger partial charge in [0.05, 0.1) is 11.0 Å². The van der Waals surface area contributed by atoms with Crippen molar-refractivity contribution in [2.24, 2.45) is 0 Å². The van der Waals surface area contributed by atoms with Crippen LogP contribution in [0.5, 0.6) is 0 Å². The monoisotopic (exact) mass is 427 g/mol. The van der Waals surface area contributed by atoms with E-state index < -0.39 is 0 Å². The van der Waals surface area contributed by atoms with E-state index in [0.29, 0.717) is 18.7 Å². The molecule has 4 aromatic rings. The number of benzene rings is 2. The predicted octanol–water partition coefficient (Wildman–Crippen LogP) is 3.97. The first-order valence-corrected chi connectivity index (χ1v) is 10.8. The van der Waals surface area contributed by atoms with Crippen LogP contribution in [-0.4, -0.2) is 45.5 Å². The van der Waals surface area contributed by atoms with E-state index in [9.17, 15) is 9.59 Å². The topological polar surface area (TPSA) is 74.2 Å². The second kappa shape index (κ2) is 8.34. The molecule has 1 aliphatic heterocycles. The van der Waals surface area contributed by atoms with Gasteiger partial charge >= 0.3 is 5.69 Å². The SMILES string of the molecule is CN(c1ccncc1)c1ccc(C(=O)N2CCC(n3c(=O)[nH]c4ccccc43)CC2)cc1. The molecule has 0 unspecified atom stereocenters. The number of amides is 1. The number of imidazole rings is 1. The lowest BCUT2D eigenvalue weighted by molar-refractivity contribution is 0.0695. The molecule has 2 aromatic carbocycles. The highest BCUT2D eigenvalue weighted by atomic mass is 16.2. The number of anilines is 2. The van der Waals surface area contributed by atoms with Crippen molar-refractivity contribution in [1.82, 2.24) is 19.4 Å². The summed E-state index contributed by atoms with van der Waals surface area (Å²) >= 11 is 0. The number of carbonyl (C=O) groups excluding carboxylic acids is 1. The number of H-pyrrole nitrogens is 1. The molecule has 5 rings (SSSR count). The van der Waals surface area contributed by atoms with Gasteiger partial charge < -0.3 is 14.8 Å². The van der Waals surface area contributed by atoms with Gasteiger partial charge in [-0.3, -0.25) is 14.3 Å². The molecule has 1 aliphatic rings. The van der Waals surface area contributed by atoms with E-state index in [1.165, 1.54) is 0 Å². The van der Waals surface area contributed by atoms with Crippen molar-refractivity contribution >= 4 is 28.3 Å². The smallest absolute Gasteiger partial charge is 0.326 e. The highest BCUT2D eigenvalue weighted by Crippen LogP contribution is 2.27. The van der Waals surface area contributed by atoms with Crippen molar-refractivity contribution in [3.05, 3.63) is 89.1 Å². The minimum absolute atomic E-state index is 0.0350. The first kappa shape index (κ1) is 20.1. The van der Waals surface area contributed by atoms with E-state index in [1.54, 1.807) is 12.4 Å². The van der Waals surface area contributed by atoms with E-state index >= 15 is 0 Å².